The molecule has 31 heavy (non-hydrogen) atoms. The van der Waals surface area contributed by atoms with E-state index in [1.54, 1.807) is 47.8 Å². The van der Waals surface area contributed by atoms with E-state index in [2.05, 4.69) is 5.32 Å². The van der Waals surface area contributed by atoms with E-state index < -0.39 is 10.0 Å². The molecule has 7 nitrogen and oxygen atoms in total. The number of ether oxygens (including phenoxy) is 2. The molecule has 2 heterocycles. The molecule has 1 N–H and O–H groups in total. The average molecular weight is 459 g/mol. The molecule has 0 unspecified atom stereocenters. The highest BCUT2D eigenvalue weighted by atomic mass is 32.2. The number of methoxy groups -OCH3 is 1. The molecular weight excluding hydrogens is 436 g/mol. The van der Waals surface area contributed by atoms with Gasteiger partial charge in [-0.15, -0.1) is 11.3 Å². The molecule has 0 aliphatic carbocycles. The number of sulfonamides is 1. The molecule has 0 saturated carbocycles. The highest BCUT2D eigenvalue weighted by Gasteiger charge is 2.30. The summed E-state index contributed by atoms with van der Waals surface area (Å²) in [6.45, 7) is 0.266. The van der Waals surface area contributed by atoms with Gasteiger partial charge in [0.2, 0.25) is 0 Å². The number of nitrogens with one attached hydrogen (secondary N) is 1. The quantitative estimate of drug-likeness (QED) is 0.580. The van der Waals surface area contributed by atoms with Gasteiger partial charge in [0.15, 0.2) is 18.1 Å². The minimum Gasteiger partial charge on any atom is -0.493 e. The van der Waals surface area contributed by atoms with Crippen LogP contribution in [0.1, 0.15) is 12.0 Å². The van der Waals surface area contributed by atoms with Crippen molar-refractivity contribution < 1.29 is 22.7 Å². The van der Waals surface area contributed by atoms with Crippen LogP contribution in [0.15, 0.2) is 64.2 Å². The Bertz CT molecular complexity index is 1180. The van der Waals surface area contributed by atoms with Gasteiger partial charge in [-0.1, -0.05) is 18.2 Å². The standard InChI is InChI=1S/C22H22N2O5S2/c1-28-19-7-2-3-8-20(19)29-15-21(25)23-17-10-11-18-16(14-17)6-4-12-24(18)31(26,27)22-9-5-13-30-22/h2-3,5,7-11,13-14H,4,6,12,15H2,1H3,(H,23,25). The lowest BCUT2D eigenvalue weighted by Gasteiger charge is -2.30. The highest BCUT2D eigenvalue weighted by Crippen LogP contribution is 2.35. The van der Waals surface area contributed by atoms with Gasteiger partial charge in [-0.2, -0.15) is 0 Å². The summed E-state index contributed by atoms with van der Waals surface area (Å²) in [7, 11) is -2.04. The number of hydrogen-bond donors (Lipinski definition) is 1. The van der Waals surface area contributed by atoms with Crippen LogP contribution < -0.4 is 19.1 Å². The largest absolute Gasteiger partial charge is 0.493 e. The number of hydrogen-bond acceptors (Lipinski definition) is 6. The number of benzene rings is 2. The summed E-state index contributed by atoms with van der Waals surface area (Å²) in [6.07, 6.45) is 1.46. The van der Waals surface area contributed by atoms with Crippen LogP contribution in [-0.2, 0) is 21.2 Å². The minimum atomic E-state index is -3.58. The Labute approximate surface area is 185 Å². The fourth-order valence-electron chi connectivity index (χ4n) is 3.49. The number of aryl methyl sites for hydroxylation is 1. The zero-order valence-corrected chi connectivity index (χ0v) is 18.5. The van der Waals surface area contributed by atoms with E-state index in [9.17, 15) is 13.2 Å². The number of fused-ring (bicyclic) bond motifs is 1. The minimum absolute atomic E-state index is 0.170. The van der Waals surface area contributed by atoms with Gasteiger partial charge in [0.1, 0.15) is 4.21 Å². The van der Waals surface area contributed by atoms with Crippen molar-refractivity contribution in [3.8, 4) is 11.5 Å². The number of nitrogens with zero attached hydrogens (tertiary/aromatic N) is 1. The topological polar surface area (TPSA) is 84.9 Å². The second-order valence-electron chi connectivity index (χ2n) is 6.94. The Morgan fingerprint density at radius 3 is 2.68 bits per heavy atom. The first kappa shape index (κ1) is 21.2. The van der Waals surface area contributed by atoms with Gasteiger partial charge < -0.3 is 14.8 Å². The summed E-state index contributed by atoms with van der Waals surface area (Å²) in [5, 5.41) is 4.56. The zero-order valence-electron chi connectivity index (χ0n) is 16.9. The van der Waals surface area contributed by atoms with Crippen molar-refractivity contribution in [3.05, 3.63) is 65.5 Å². The molecule has 9 heteroatoms. The van der Waals surface area contributed by atoms with Gasteiger partial charge in [0, 0.05) is 12.2 Å². The van der Waals surface area contributed by atoms with Gasteiger partial charge in [-0.05, 0) is 60.2 Å². The predicted molar refractivity (Wildman–Crippen MR) is 121 cm³/mol. The summed E-state index contributed by atoms with van der Waals surface area (Å²) in [4.78, 5) is 12.4. The van der Waals surface area contributed by atoms with Gasteiger partial charge in [0.05, 0.1) is 12.8 Å². The smallest absolute Gasteiger partial charge is 0.273 e. The average Bonchev–Trinajstić information content (AvgIpc) is 3.33. The maximum atomic E-state index is 13.0. The molecule has 2 aromatic carbocycles. The van der Waals surface area contributed by atoms with Crippen LogP contribution >= 0.6 is 11.3 Å². The van der Waals surface area contributed by atoms with Crippen LogP contribution in [0.25, 0.3) is 0 Å². The Balaban J connectivity index is 1.46. The van der Waals surface area contributed by atoms with E-state index in [4.69, 9.17) is 9.47 Å². The van der Waals surface area contributed by atoms with Crippen LogP contribution in [0.4, 0.5) is 11.4 Å². The molecule has 1 aliphatic rings. The molecule has 0 bridgehead atoms. The Morgan fingerprint density at radius 1 is 1.13 bits per heavy atom. The fraction of sp³-hybridized carbons (Fsp3) is 0.227. The van der Waals surface area contributed by atoms with E-state index in [-0.39, 0.29) is 12.5 Å². The van der Waals surface area contributed by atoms with Crippen molar-refractivity contribution >= 4 is 38.6 Å². The Morgan fingerprint density at radius 2 is 1.94 bits per heavy atom. The number of carbonyl (C=O) groups excluding carboxylic acids is 1. The third-order valence-corrected chi connectivity index (χ3v) is 8.09. The van der Waals surface area contributed by atoms with E-state index in [1.165, 1.54) is 22.8 Å². The zero-order chi connectivity index (χ0) is 21.8. The van der Waals surface area contributed by atoms with E-state index in [0.717, 1.165) is 12.0 Å². The normalized spacial score (nSPS) is 13.4. The molecule has 1 aromatic heterocycles. The molecule has 4 rings (SSSR count). The second-order valence-corrected chi connectivity index (χ2v) is 9.98. The number of anilines is 2. The van der Waals surface area contributed by atoms with Crippen LogP contribution in [0, 0.1) is 0 Å². The lowest BCUT2D eigenvalue weighted by atomic mass is 10.0. The molecule has 1 aliphatic heterocycles. The van der Waals surface area contributed by atoms with E-state index in [1.807, 2.05) is 12.1 Å². The Kier molecular flexibility index (Phi) is 6.15. The molecule has 0 saturated heterocycles. The number of thiophene rings is 1. The summed E-state index contributed by atoms with van der Waals surface area (Å²) in [5.74, 6) is 0.723. The molecule has 1 amide bonds. The number of amides is 1. The Hall–Kier alpha value is -3.04. The van der Waals surface area contributed by atoms with Crippen LogP contribution in [0.2, 0.25) is 0 Å². The lowest BCUT2D eigenvalue weighted by molar-refractivity contribution is -0.118. The summed E-state index contributed by atoms with van der Waals surface area (Å²) in [5.41, 5.74) is 2.14. The highest BCUT2D eigenvalue weighted by molar-refractivity contribution is 7.94. The molecule has 0 atom stereocenters. The van der Waals surface area contributed by atoms with Crippen LogP contribution in [-0.4, -0.2) is 34.6 Å². The van der Waals surface area contributed by atoms with Crippen molar-refractivity contribution in [2.45, 2.75) is 17.1 Å². The summed E-state index contributed by atoms with van der Waals surface area (Å²) < 4.78 is 38.5. The first-order chi connectivity index (χ1) is 15.0. The monoisotopic (exact) mass is 458 g/mol. The van der Waals surface area contributed by atoms with Gasteiger partial charge in [-0.25, -0.2) is 8.42 Å². The third kappa shape index (κ3) is 4.52. The van der Waals surface area contributed by atoms with E-state index in [0.29, 0.717) is 40.0 Å². The van der Waals surface area contributed by atoms with Gasteiger partial charge >= 0.3 is 0 Å². The lowest BCUT2D eigenvalue weighted by Crippen LogP contribution is -2.35. The van der Waals surface area contributed by atoms with Crippen LogP contribution in [0.5, 0.6) is 11.5 Å². The number of para-hydroxylation sites is 2. The van der Waals surface area contributed by atoms with Gasteiger partial charge in [-0.3, -0.25) is 9.10 Å². The fourth-order valence-corrected chi connectivity index (χ4v) is 6.13. The van der Waals surface area contributed by atoms with Gasteiger partial charge in [0.25, 0.3) is 15.9 Å². The van der Waals surface area contributed by atoms with Crippen molar-refractivity contribution in [3.63, 3.8) is 0 Å². The number of rotatable bonds is 7. The molecule has 162 valence electrons. The third-order valence-electron chi connectivity index (χ3n) is 4.91. The molecular formula is C22H22N2O5S2. The first-order valence-corrected chi connectivity index (χ1v) is 12.1. The SMILES string of the molecule is COc1ccccc1OCC(=O)Nc1ccc2c(c1)CCCN2S(=O)(=O)c1cccs1. The molecule has 0 fully saturated rings. The van der Waals surface area contributed by atoms with E-state index >= 15 is 0 Å². The maximum Gasteiger partial charge on any atom is 0.273 e. The maximum absolute atomic E-state index is 13.0. The van der Waals surface area contributed by atoms with Crippen molar-refractivity contribution in [1.29, 1.82) is 0 Å². The molecule has 3 aromatic rings. The molecule has 0 spiro atoms. The summed E-state index contributed by atoms with van der Waals surface area (Å²) >= 11 is 1.21. The number of carbonyl (C=O) groups is 1. The van der Waals surface area contributed by atoms with Crippen molar-refractivity contribution in [2.24, 2.45) is 0 Å². The van der Waals surface area contributed by atoms with Crippen LogP contribution in [0.3, 0.4) is 0 Å². The second kappa shape index (κ2) is 8.99. The van der Waals surface area contributed by atoms with Crippen molar-refractivity contribution in [2.75, 3.05) is 29.9 Å². The van der Waals surface area contributed by atoms with Crippen molar-refractivity contribution in [1.82, 2.24) is 0 Å². The summed E-state index contributed by atoms with van der Waals surface area (Å²) in [6, 6.07) is 15.7. The molecule has 0 radical (unpaired) electrons. The first-order valence-electron chi connectivity index (χ1n) is 9.74. The predicted octanol–water partition coefficient (Wildman–Crippen LogP) is 3.92.